The number of halogens is 3. The van der Waals surface area contributed by atoms with Gasteiger partial charge in [-0.15, -0.1) is 0 Å². The standard InChI is InChI=1S/C12H11F3N2O/c13-9-4-3-8(2-1-5-16)10(6-9)12(18)17-7-11(14)15/h3-4,6,11H,5,7,16H2,(H,17,18). The number of hydrogen-bond acceptors (Lipinski definition) is 2. The Morgan fingerprint density at radius 1 is 1.44 bits per heavy atom. The lowest BCUT2D eigenvalue weighted by atomic mass is 10.1. The molecule has 0 bridgehead atoms. The van der Waals surface area contributed by atoms with Crippen LogP contribution in [-0.4, -0.2) is 25.4 Å². The van der Waals surface area contributed by atoms with E-state index in [2.05, 4.69) is 11.8 Å². The van der Waals surface area contributed by atoms with Gasteiger partial charge in [0, 0.05) is 5.56 Å². The van der Waals surface area contributed by atoms with Gasteiger partial charge in [0.15, 0.2) is 0 Å². The second-order valence-corrected chi connectivity index (χ2v) is 3.30. The van der Waals surface area contributed by atoms with Crippen molar-refractivity contribution in [1.82, 2.24) is 5.32 Å². The zero-order valence-electron chi connectivity index (χ0n) is 9.34. The summed E-state index contributed by atoms with van der Waals surface area (Å²) in [4.78, 5) is 11.6. The van der Waals surface area contributed by atoms with Crippen molar-refractivity contribution in [3.05, 3.63) is 35.1 Å². The second-order valence-electron chi connectivity index (χ2n) is 3.30. The summed E-state index contributed by atoms with van der Waals surface area (Å²) in [6.45, 7) is -0.714. The summed E-state index contributed by atoms with van der Waals surface area (Å²) in [5.74, 6) is 3.65. The molecular weight excluding hydrogens is 245 g/mol. The monoisotopic (exact) mass is 256 g/mol. The number of alkyl halides is 2. The van der Waals surface area contributed by atoms with Crippen molar-refractivity contribution in [1.29, 1.82) is 0 Å². The van der Waals surface area contributed by atoms with Crippen molar-refractivity contribution < 1.29 is 18.0 Å². The SMILES string of the molecule is NCC#Cc1ccc(F)cc1C(=O)NCC(F)F. The van der Waals surface area contributed by atoms with Crippen molar-refractivity contribution in [2.24, 2.45) is 5.73 Å². The van der Waals surface area contributed by atoms with E-state index in [0.29, 0.717) is 0 Å². The van der Waals surface area contributed by atoms with E-state index in [4.69, 9.17) is 5.73 Å². The Balaban J connectivity index is 2.97. The average molecular weight is 256 g/mol. The molecule has 0 aliphatic carbocycles. The molecule has 0 saturated carbocycles. The highest BCUT2D eigenvalue weighted by atomic mass is 19.3. The van der Waals surface area contributed by atoms with E-state index in [-0.39, 0.29) is 17.7 Å². The summed E-state index contributed by atoms with van der Waals surface area (Å²) in [5, 5.41) is 1.99. The minimum atomic E-state index is -2.67. The van der Waals surface area contributed by atoms with E-state index in [1.54, 1.807) is 0 Å². The molecule has 3 nitrogen and oxygen atoms in total. The Hall–Kier alpha value is -2.00. The molecule has 3 N–H and O–H groups in total. The molecule has 0 saturated heterocycles. The van der Waals surface area contributed by atoms with Crippen LogP contribution in [-0.2, 0) is 0 Å². The van der Waals surface area contributed by atoms with Crippen molar-refractivity contribution >= 4 is 5.91 Å². The molecule has 0 fully saturated rings. The predicted molar refractivity (Wildman–Crippen MR) is 60.7 cm³/mol. The summed E-state index contributed by atoms with van der Waals surface area (Å²) in [6.07, 6.45) is -2.67. The Bertz CT molecular complexity index is 492. The van der Waals surface area contributed by atoms with E-state index in [1.807, 2.05) is 5.32 Å². The van der Waals surface area contributed by atoms with Crippen LogP contribution in [0.2, 0.25) is 0 Å². The minimum absolute atomic E-state index is 0.0788. The quantitative estimate of drug-likeness (QED) is 0.796. The summed E-state index contributed by atoms with van der Waals surface area (Å²) in [7, 11) is 0. The van der Waals surface area contributed by atoms with Crippen LogP contribution in [0.4, 0.5) is 13.2 Å². The van der Waals surface area contributed by atoms with Gasteiger partial charge in [-0.25, -0.2) is 13.2 Å². The highest BCUT2D eigenvalue weighted by Gasteiger charge is 2.13. The molecule has 1 aromatic rings. The van der Waals surface area contributed by atoms with E-state index >= 15 is 0 Å². The minimum Gasteiger partial charge on any atom is -0.346 e. The number of hydrogen-bond donors (Lipinski definition) is 2. The van der Waals surface area contributed by atoms with Crippen LogP contribution < -0.4 is 11.1 Å². The molecule has 1 amide bonds. The van der Waals surface area contributed by atoms with Gasteiger partial charge in [0.25, 0.3) is 12.3 Å². The van der Waals surface area contributed by atoms with E-state index < -0.39 is 24.7 Å². The van der Waals surface area contributed by atoms with Gasteiger partial charge in [-0.2, -0.15) is 0 Å². The van der Waals surface area contributed by atoms with Gasteiger partial charge in [-0.3, -0.25) is 4.79 Å². The van der Waals surface area contributed by atoms with Gasteiger partial charge in [-0.05, 0) is 18.2 Å². The van der Waals surface area contributed by atoms with Crippen LogP contribution >= 0.6 is 0 Å². The van der Waals surface area contributed by atoms with Crippen molar-refractivity contribution in [2.75, 3.05) is 13.1 Å². The number of nitrogens with one attached hydrogen (secondary N) is 1. The lowest BCUT2D eigenvalue weighted by molar-refractivity contribution is 0.0891. The smallest absolute Gasteiger partial charge is 0.255 e. The summed E-state index contributed by atoms with van der Waals surface area (Å²) in [6, 6.07) is 3.38. The Morgan fingerprint density at radius 2 is 2.17 bits per heavy atom. The number of carbonyl (C=O) groups excluding carboxylic acids is 1. The molecule has 0 aromatic heterocycles. The van der Waals surface area contributed by atoms with Crippen LogP contribution in [0.5, 0.6) is 0 Å². The molecular formula is C12H11F3N2O. The Kier molecular flexibility index (Phi) is 5.21. The number of nitrogens with two attached hydrogens (primary N) is 1. The molecule has 1 aromatic carbocycles. The number of rotatable bonds is 3. The lowest BCUT2D eigenvalue weighted by Crippen LogP contribution is -2.29. The third-order valence-corrected chi connectivity index (χ3v) is 1.97. The van der Waals surface area contributed by atoms with Crippen LogP contribution in [0, 0.1) is 17.7 Å². The van der Waals surface area contributed by atoms with Crippen molar-refractivity contribution in [3.8, 4) is 11.8 Å². The summed E-state index contributed by atoms with van der Waals surface area (Å²) >= 11 is 0. The van der Waals surface area contributed by atoms with Gasteiger partial charge in [-0.1, -0.05) is 11.8 Å². The molecule has 0 spiro atoms. The van der Waals surface area contributed by atoms with Gasteiger partial charge in [0.2, 0.25) is 0 Å². The first kappa shape index (κ1) is 14.1. The molecule has 0 unspecified atom stereocenters. The van der Waals surface area contributed by atoms with Crippen LogP contribution in [0.3, 0.4) is 0 Å². The van der Waals surface area contributed by atoms with Crippen molar-refractivity contribution in [3.63, 3.8) is 0 Å². The van der Waals surface area contributed by atoms with Crippen molar-refractivity contribution in [2.45, 2.75) is 6.43 Å². The number of carbonyl (C=O) groups is 1. The third-order valence-electron chi connectivity index (χ3n) is 1.97. The molecule has 0 heterocycles. The maximum atomic E-state index is 13.0. The molecule has 6 heteroatoms. The largest absolute Gasteiger partial charge is 0.346 e. The topological polar surface area (TPSA) is 55.1 Å². The zero-order chi connectivity index (χ0) is 13.5. The average Bonchev–Trinajstić information content (AvgIpc) is 2.34. The lowest BCUT2D eigenvalue weighted by Gasteiger charge is -2.06. The fourth-order valence-corrected chi connectivity index (χ4v) is 1.22. The van der Waals surface area contributed by atoms with Crippen LogP contribution in [0.25, 0.3) is 0 Å². The van der Waals surface area contributed by atoms with Gasteiger partial charge in [0.1, 0.15) is 5.82 Å². The predicted octanol–water partition coefficient (Wildman–Crippen LogP) is 1.13. The van der Waals surface area contributed by atoms with E-state index in [0.717, 1.165) is 12.1 Å². The molecule has 0 aliphatic heterocycles. The van der Waals surface area contributed by atoms with E-state index in [1.165, 1.54) is 6.07 Å². The van der Waals surface area contributed by atoms with Gasteiger partial charge >= 0.3 is 0 Å². The summed E-state index contributed by atoms with van der Waals surface area (Å²) < 4.78 is 36.9. The highest BCUT2D eigenvalue weighted by Crippen LogP contribution is 2.10. The fraction of sp³-hybridized carbons (Fsp3) is 0.250. The number of amides is 1. The first-order chi connectivity index (χ1) is 8.54. The van der Waals surface area contributed by atoms with Crippen LogP contribution in [0.15, 0.2) is 18.2 Å². The molecule has 18 heavy (non-hydrogen) atoms. The molecule has 1 rings (SSSR count). The molecule has 0 radical (unpaired) electrons. The van der Waals surface area contributed by atoms with Crippen LogP contribution in [0.1, 0.15) is 15.9 Å². The summed E-state index contributed by atoms with van der Waals surface area (Å²) in [5.41, 5.74) is 5.34. The first-order valence-electron chi connectivity index (χ1n) is 5.09. The highest BCUT2D eigenvalue weighted by molar-refractivity contribution is 5.96. The zero-order valence-corrected chi connectivity index (χ0v) is 9.34. The first-order valence-corrected chi connectivity index (χ1v) is 5.09. The second kappa shape index (κ2) is 6.67. The normalized spacial score (nSPS) is 9.83. The maximum Gasteiger partial charge on any atom is 0.255 e. The fourth-order valence-electron chi connectivity index (χ4n) is 1.22. The van der Waals surface area contributed by atoms with Gasteiger partial charge in [0.05, 0.1) is 18.7 Å². The molecule has 0 atom stereocenters. The molecule has 0 aliphatic rings. The number of benzene rings is 1. The Labute approximate surface area is 102 Å². The molecule has 96 valence electrons. The van der Waals surface area contributed by atoms with E-state index in [9.17, 15) is 18.0 Å². The Morgan fingerprint density at radius 3 is 2.78 bits per heavy atom. The maximum absolute atomic E-state index is 13.0. The van der Waals surface area contributed by atoms with Gasteiger partial charge < -0.3 is 11.1 Å². The third kappa shape index (κ3) is 4.11.